The highest BCUT2D eigenvalue weighted by Crippen LogP contribution is 2.32. The van der Waals surface area contributed by atoms with Crippen LogP contribution in [0.1, 0.15) is 39.5 Å². The van der Waals surface area contributed by atoms with Crippen molar-refractivity contribution < 1.29 is 0 Å². The number of hydrogen-bond donors (Lipinski definition) is 1. The van der Waals surface area contributed by atoms with Crippen LogP contribution in [0.3, 0.4) is 0 Å². The van der Waals surface area contributed by atoms with E-state index in [2.05, 4.69) is 24.1 Å². The third kappa shape index (κ3) is 2.96. The third-order valence-electron chi connectivity index (χ3n) is 3.71. The summed E-state index contributed by atoms with van der Waals surface area (Å²) >= 11 is 0. The van der Waals surface area contributed by atoms with E-state index in [1.165, 1.54) is 45.3 Å². The first kappa shape index (κ1) is 10.4. The lowest BCUT2D eigenvalue weighted by molar-refractivity contribution is 0.201. The zero-order chi connectivity index (χ0) is 9.97. The van der Waals surface area contributed by atoms with Gasteiger partial charge in [-0.15, -0.1) is 0 Å². The fourth-order valence-corrected chi connectivity index (χ4v) is 2.38. The Bertz CT molecular complexity index is 177. The van der Waals surface area contributed by atoms with Crippen LogP contribution in [0.15, 0.2) is 0 Å². The monoisotopic (exact) mass is 196 g/mol. The van der Waals surface area contributed by atoms with Crippen LogP contribution in [0.5, 0.6) is 0 Å². The molecule has 0 aromatic heterocycles. The smallest absolute Gasteiger partial charge is 0.0166 e. The normalized spacial score (nSPS) is 35.6. The Balaban J connectivity index is 1.78. The van der Waals surface area contributed by atoms with Crippen LogP contribution in [0, 0.1) is 5.92 Å². The molecule has 2 atom stereocenters. The molecular weight excluding hydrogens is 172 g/mol. The molecular formula is C12H24N2. The first-order valence-electron chi connectivity index (χ1n) is 6.23. The van der Waals surface area contributed by atoms with Crippen LogP contribution in [-0.2, 0) is 0 Å². The SMILES string of the molecule is CC1CN(CCC2CC2)C(C)CCN1. The Hall–Kier alpha value is -0.0800. The van der Waals surface area contributed by atoms with Crippen LogP contribution in [0.4, 0.5) is 0 Å². The largest absolute Gasteiger partial charge is 0.313 e. The van der Waals surface area contributed by atoms with Gasteiger partial charge in [-0.2, -0.15) is 0 Å². The van der Waals surface area contributed by atoms with Crippen molar-refractivity contribution in [3.8, 4) is 0 Å². The summed E-state index contributed by atoms with van der Waals surface area (Å²) in [5.41, 5.74) is 0. The fourth-order valence-electron chi connectivity index (χ4n) is 2.38. The summed E-state index contributed by atoms with van der Waals surface area (Å²) in [6.07, 6.45) is 5.75. The molecule has 1 aliphatic carbocycles. The zero-order valence-electron chi connectivity index (χ0n) is 9.63. The van der Waals surface area contributed by atoms with E-state index in [0.29, 0.717) is 6.04 Å². The van der Waals surface area contributed by atoms with Crippen LogP contribution >= 0.6 is 0 Å². The van der Waals surface area contributed by atoms with Crippen LogP contribution < -0.4 is 5.32 Å². The minimum Gasteiger partial charge on any atom is -0.313 e. The van der Waals surface area contributed by atoms with Crippen LogP contribution in [0.2, 0.25) is 0 Å². The molecule has 2 unspecified atom stereocenters. The van der Waals surface area contributed by atoms with Gasteiger partial charge < -0.3 is 5.32 Å². The summed E-state index contributed by atoms with van der Waals surface area (Å²) in [4.78, 5) is 2.68. The molecule has 0 bridgehead atoms. The lowest BCUT2D eigenvalue weighted by atomic mass is 10.2. The molecule has 1 saturated heterocycles. The number of nitrogens with one attached hydrogen (secondary N) is 1. The quantitative estimate of drug-likeness (QED) is 0.741. The van der Waals surface area contributed by atoms with E-state index < -0.39 is 0 Å². The molecule has 2 heteroatoms. The second-order valence-corrected chi connectivity index (χ2v) is 5.22. The van der Waals surface area contributed by atoms with E-state index in [0.717, 1.165) is 12.0 Å². The average molecular weight is 196 g/mol. The number of hydrogen-bond acceptors (Lipinski definition) is 2. The first-order chi connectivity index (χ1) is 6.75. The van der Waals surface area contributed by atoms with Gasteiger partial charge in [-0.05, 0) is 45.7 Å². The van der Waals surface area contributed by atoms with Gasteiger partial charge in [0.25, 0.3) is 0 Å². The molecule has 1 saturated carbocycles. The Kier molecular flexibility index (Phi) is 3.45. The second kappa shape index (κ2) is 4.63. The molecule has 0 amide bonds. The Morgan fingerprint density at radius 2 is 2.00 bits per heavy atom. The maximum absolute atomic E-state index is 3.57. The van der Waals surface area contributed by atoms with Crippen molar-refractivity contribution in [3.63, 3.8) is 0 Å². The van der Waals surface area contributed by atoms with Gasteiger partial charge in [-0.3, -0.25) is 4.90 Å². The van der Waals surface area contributed by atoms with Crippen LogP contribution in [-0.4, -0.2) is 36.6 Å². The van der Waals surface area contributed by atoms with E-state index in [-0.39, 0.29) is 0 Å². The Morgan fingerprint density at radius 1 is 1.21 bits per heavy atom. The Morgan fingerprint density at radius 3 is 2.71 bits per heavy atom. The van der Waals surface area contributed by atoms with Gasteiger partial charge >= 0.3 is 0 Å². The summed E-state index contributed by atoms with van der Waals surface area (Å²) in [7, 11) is 0. The van der Waals surface area contributed by atoms with Crippen molar-refractivity contribution in [2.24, 2.45) is 5.92 Å². The molecule has 2 aliphatic rings. The van der Waals surface area contributed by atoms with Crippen molar-refractivity contribution in [1.82, 2.24) is 10.2 Å². The molecule has 0 radical (unpaired) electrons. The Labute approximate surface area is 88.1 Å². The molecule has 1 heterocycles. The first-order valence-corrected chi connectivity index (χ1v) is 6.23. The number of nitrogens with zero attached hydrogens (tertiary/aromatic N) is 1. The fraction of sp³-hybridized carbons (Fsp3) is 1.00. The van der Waals surface area contributed by atoms with Gasteiger partial charge in [0.1, 0.15) is 0 Å². The van der Waals surface area contributed by atoms with Gasteiger partial charge in [-0.1, -0.05) is 12.8 Å². The molecule has 82 valence electrons. The molecule has 1 aliphatic heterocycles. The summed E-state index contributed by atoms with van der Waals surface area (Å²) in [5, 5.41) is 3.57. The van der Waals surface area contributed by atoms with Crippen molar-refractivity contribution >= 4 is 0 Å². The molecule has 0 spiro atoms. The highest BCUT2D eigenvalue weighted by Gasteiger charge is 2.25. The van der Waals surface area contributed by atoms with Gasteiger partial charge in [0.05, 0.1) is 0 Å². The summed E-state index contributed by atoms with van der Waals surface area (Å²) in [6.45, 7) is 8.46. The maximum Gasteiger partial charge on any atom is 0.0166 e. The molecule has 0 aromatic carbocycles. The molecule has 0 aromatic rings. The molecule has 1 N–H and O–H groups in total. The topological polar surface area (TPSA) is 15.3 Å². The summed E-state index contributed by atoms with van der Waals surface area (Å²) in [5.74, 6) is 1.08. The predicted molar refractivity (Wildman–Crippen MR) is 60.5 cm³/mol. The number of rotatable bonds is 3. The molecule has 2 rings (SSSR count). The van der Waals surface area contributed by atoms with E-state index in [9.17, 15) is 0 Å². The summed E-state index contributed by atoms with van der Waals surface area (Å²) in [6, 6.07) is 1.46. The van der Waals surface area contributed by atoms with Crippen molar-refractivity contribution in [3.05, 3.63) is 0 Å². The van der Waals surface area contributed by atoms with Gasteiger partial charge in [0, 0.05) is 18.6 Å². The minimum atomic E-state index is 0.680. The van der Waals surface area contributed by atoms with Crippen molar-refractivity contribution in [1.29, 1.82) is 0 Å². The van der Waals surface area contributed by atoms with Gasteiger partial charge in [-0.25, -0.2) is 0 Å². The van der Waals surface area contributed by atoms with Gasteiger partial charge in [0.2, 0.25) is 0 Å². The lowest BCUT2D eigenvalue weighted by Gasteiger charge is -2.28. The summed E-state index contributed by atoms with van der Waals surface area (Å²) < 4.78 is 0. The minimum absolute atomic E-state index is 0.680. The second-order valence-electron chi connectivity index (χ2n) is 5.22. The lowest BCUT2D eigenvalue weighted by Crippen LogP contribution is -2.39. The maximum atomic E-state index is 3.57. The van der Waals surface area contributed by atoms with E-state index in [1.54, 1.807) is 0 Å². The standard InChI is InChI=1S/C12H24N2/c1-10-9-14(8-6-12-3-4-12)11(2)5-7-13-10/h10-13H,3-9H2,1-2H3. The van der Waals surface area contributed by atoms with E-state index in [4.69, 9.17) is 0 Å². The molecule has 2 nitrogen and oxygen atoms in total. The third-order valence-corrected chi connectivity index (χ3v) is 3.71. The van der Waals surface area contributed by atoms with Gasteiger partial charge in [0.15, 0.2) is 0 Å². The van der Waals surface area contributed by atoms with E-state index >= 15 is 0 Å². The van der Waals surface area contributed by atoms with E-state index in [1.807, 2.05) is 0 Å². The van der Waals surface area contributed by atoms with Crippen molar-refractivity contribution in [2.45, 2.75) is 51.6 Å². The molecule has 2 fully saturated rings. The highest BCUT2D eigenvalue weighted by atomic mass is 15.2. The predicted octanol–water partition coefficient (Wildman–Crippen LogP) is 1.86. The van der Waals surface area contributed by atoms with Crippen molar-refractivity contribution in [2.75, 3.05) is 19.6 Å². The zero-order valence-corrected chi connectivity index (χ0v) is 9.63. The average Bonchev–Trinajstić information content (AvgIpc) is 2.94. The highest BCUT2D eigenvalue weighted by molar-refractivity contribution is 4.81. The molecule has 14 heavy (non-hydrogen) atoms. The van der Waals surface area contributed by atoms with Crippen LogP contribution in [0.25, 0.3) is 0 Å².